The summed E-state index contributed by atoms with van der Waals surface area (Å²) in [5.74, 6) is 0.240. The molecule has 0 aromatic heterocycles. The van der Waals surface area contributed by atoms with Crippen LogP contribution in [0.2, 0.25) is 0 Å². The third-order valence-corrected chi connectivity index (χ3v) is 9.58. The van der Waals surface area contributed by atoms with Gasteiger partial charge in [-0.3, -0.25) is 4.79 Å². The second-order valence-corrected chi connectivity index (χ2v) is 11.3. The topological polar surface area (TPSA) is 101 Å². The monoisotopic (exact) mass is 466 g/mol. The van der Waals surface area contributed by atoms with Gasteiger partial charge in [0.15, 0.2) is 9.84 Å². The maximum atomic E-state index is 12.7. The van der Waals surface area contributed by atoms with Gasteiger partial charge in [-0.2, -0.15) is 4.31 Å². The predicted molar refractivity (Wildman–Crippen MR) is 116 cm³/mol. The highest BCUT2D eigenvalue weighted by molar-refractivity contribution is 7.92. The Morgan fingerprint density at radius 2 is 1.45 bits per heavy atom. The van der Waals surface area contributed by atoms with Crippen LogP contribution in [0.5, 0.6) is 5.75 Å². The summed E-state index contributed by atoms with van der Waals surface area (Å²) in [5.41, 5.74) is 0.318. The van der Waals surface area contributed by atoms with Crippen molar-refractivity contribution in [2.45, 2.75) is 28.9 Å². The molecule has 0 unspecified atom stereocenters. The Bertz CT molecular complexity index is 1130. The third kappa shape index (κ3) is 4.46. The minimum absolute atomic E-state index is 0.0900. The molecular formula is C21H26N2O6S2. The standard InChI is InChI=1S/C21H26N2O6S2/c1-4-23(5-2)31(27,28)19-10-6-16(7-11-19)21(24)22-14-20(15-22)30(25,26)18-12-8-17(29-3)9-13-18/h6-13,20H,4-5,14-15H2,1-3H3. The van der Waals surface area contributed by atoms with Crippen molar-refractivity contribution in [2.24, 2.45) is 0 Å². The molecule has 0 spiro atoms. The molecule has 0 atom stereocenters. The van der Waals surface area contributed by atoms with Crippen molar-refractivity contribution in [3.05, 3.63) is 54.1 Å². The van der Waals surface area contributed by atoms with Gasteiger partial charge in [-0.1, -0.05) is 13.8 Å². The fourth-order valence-corrected chi connectivity index (χ4v) is 6.53. The molecule has 3 rings (SSSR count). The van der Waals surface area contributed by atoms with E-state index in [4.69, 9.17) is 4.74 Å². The van der Waals surface area contributed by atoms with E-state index in [0.717, 1.165) is 0 Å². The summed E-state index contributed by atoms with van der Waals surface area (Å²) in [5, 5.41) is -0.674. The van der Waals surface area contributed by atoms with E-state index in [1.807, 2.05) is 0 Å². The predicted octanol–water partition coefficient (Wildman–Crippen LogP) is 2.02. The minimum atomic E-state index is -3.60. The van der Waals surface area contributed by atoms with Crippen LogP contribution in [0.25, 0.3) is 0 Å². The summed E-state index contributed by atoms with van der Waals surface area (Å²) in [4.78, 5) is 14.4. The lowest BCUT2D eigenvalue weighted by Crippen LogP contribution is -2.56. The lowest BCUT2D eigenvalue weighted by atomic mass is 10.1. The molecule has 10 heteroatoms. The molecule has 0 radical (unpaired) electrons. The Balaban J connectivity index is 1.67. The number of amides is 1. The molecule has 2 aromatic carbocycles. The van der Waals surface area contributed by atoms with Crippen LogP contribution >= 0.6 is 0 Å². The summed E-state index contributed by atoms with van der Waals surface area (Å²) in [7, 11) is -5.65. The first-order valence-corrected chi connectivity index (χ1v) is 12.9. The molecule has 1 heterocycles. The second kappa shape index (κ2) is 8.97. The van der Waals surface area contributed by atoms with Crippen molar-refractivity contribution < 1.29 is 26.4 Å². The van der Waals surface area contributed by atoms with Crippen LogP contribution in [0.15, 0.2) is 58.3 Å². The Morgan fingerprint density at radius 1 is 0.935 bits per heavy atom. The van der Waals surface area contributed by atoms with Crippen LogP contribution in [0.4, 0.5) is 0 Å². The normalized spacial score (nSPS) is 15.0. The van der Waals surface area contributed by atoms with Gasteiger partial charge in [0.05, 0.1) is 16.9 Å². The zero-order chi connectivity index (χ0) is 22.8. The number of sulfone groups is 1. The second-order valence-electron chi connectivity index (χ2n) is 7.17. The van der Waals surface area contributed by atoms with Crippen molar-refractivity contribution in [2.75, 3.05) is 33.3 Å². The molecule has 1 aliphatic rings. The van der Waals surface area contributed by atoms with Crippen LogP contribution in [0.3, 0.4) is 0 Å². The molecule has 1 saturated heterocycles. The summed E-state index contributed by atoms with van der Waals surface area (Å²) in [6.07, 6.45) is 0. The fourth-order valence-electron chi connectivity index (χ4n) is 3.42. The largest absolute Gasteiger partial charge is 0.497 e. The zero-order valence-electron chi connectivity index (χ0n) is 17.7. The maximum Gasteiger partial charge on any atom is 0.253 e. The number of carbonyl (C=O) groups is 1. The number of ether oxygens (including phenoxy) is 1. The molecule has 0 bridgehead atoms. The molecule has 8 nitrogen and oxygen atoms in total. The van der Waals surface area contributed by atoms with Crippen LogP contribution in [-0.4, -0.2) is 70.5 Å². The summed E-state index contributed by atoms with van der Waals surface area (Å²) in [6.45, 7) is 4.42. The average Bonchev–Trinajstić information content (AvgIpc) is 2.73. The van der Waals surface area contributed by atoms with E-state index in [0.29, 0.717) is 24.4 Å². The van der Waals surface area contributed by atoms with E-state index in [9.17, 15) is 21.6 Å². The van der Waals surface area contributed by atoms with Gasteiger partial charge >= 0.3 is 0 Å². The van der Waals surface area contributed by atoms with Gasteiger partial charge in [0, 0.05) is 31.7 Å². The highest BCUT2D eigenvalue weighted by Crippen LogP contribution is 2.27. The Morgan fingerprint density at radius 3 is 1.94 bits per heavy atom. The zero-order valence-corrected chi connectivity index (χ0v) is 19.3. The molecular weight excluding hydrogens is 440 g/mol. The average molecular weight is 467 g/mol. The molecule has 1 fully saturated rings. The van der Waals surface area contributed by atoms with Crippen molar-refractivity contribution in [1.29, 1.82) is 0 Å². The number of sulfonamides is 1. The number of nitrogens with zero attached hydrogens (tertiary/aromatic N) is 2. The van der Waals surface area contributed by atoms with E-state index in [-0.39, 0.29) is 28.8 Å². The number of carbonyl (C=O) groups excluding carboxylic acids is 1. The molecule has 31 heavy (non-hydrogen) atoms. The molecule has 0 N–H and O–H groups in total. The van der Waals surface area contributed by atoms with Crippen LogP contribution < -0.4 is 4.74 Å². The van der Waals surface area contributed by atoms with Crippen LogP contribution in [-0.2, 0) is 19.9 Å². The van der Waals surface area contributed by atoms with Crippen molar-refractivity contribution in [3.8, 4) is 5.75 Å². The Kier molecular flexibility index (Phi) is 6.73. The maximum absolute atomic E-state index is 12.7. The highest BCUT2D eigenvalue weighted by atomic mass is 32.2. The van der Waals surface area contributed by atoms with Crippen LogP contribution in [0.1, 0.15) is 24.2 Å². The molecule has 1 aliphatic heterocycles. The van der Waals surface area contributed by atoms with Crippen molar-refractivity contribution >= 4 is 25.8 Å². The van der Waals surface area contributed by atoms with Gasteiger partial charge in [0.25, 0.3) is 5.91 Å². The number of rotatable bonds is 8. The Labute approximate surface area is 183 Å². The van der Waals surface area contributed by atoms with E-state index in [1.54, 1.807) is 26.0 Å². The van der Waals surface area contributed by atoms with Crippen LogP contribution in [0, 0.1) is 0 Å². The SMILES string of the molecule is CCN(CC)S(=O)(=O)c1ccc(C(=O)N2CC(S(=O)(=O)c3ccc(OC)cc3)C2)cc1. The number of benzene rings is 2. The van der Waals surface area contributed by atoms with Gasteiger partial charge in [-0.05, 0) is 48.5 Å². The quantitative estimate of drug-likeness (QED) is 0.590. The molecule has 168 valence electrons. The third-order valence-electron chi connectivity index (χ3n) is 5.41. The van der Waals surface area contributed by atoms with E-state index in [1.165, 1.54) is 52.7 Å². The first-order chi connectivity index (χ1) is 14.6. The molecule has 0 aliphatic carbocycles. The summed E-state index contributed by atoms with van der Waals surface area (Å²) in [6, 6.07) is 11.9. The number of hydrogen-bond donors (Lipinski definition) is 0. The lowest BCUT2D eigenvalue weighted by molar-refractivity contribution is 0.0658. The summed E-state index contributed by atoms with van der Waals surface area (Å²) < 4.78 is 57.0. The number of hydrogen-bond acceptors (Lipinski definition) is 6. The van der Waals surface area contributed by atoms with Gasteiger partial charge in [0.2, 0.25) is 10.0 Å². The first kappa shape index (κ1) is 23.2. The highest BCUT2D eigenvalue weighted by Gasteiger charge is 2.40. The fraction of sp³-hybridized carbons (Fsp3) is 0.381. The number of methoxy groups -OCH3 is 1. The van der Waals surface area contributed by atoms with Crippen molar-refractivity contribution in [3.63, 3.8) is 0 Å². The van der Waals surface area contributed by atoms with Gasteiger partial charge in [-0.25, -0.2) is 16.8 Å². The van der Waals surface area contributed by atoms with Gasteiger partial charge in [0.1, 0.15) is 11.0 Å². The van der Waals surface area contributed by atoms with E-state index < -0.39 is 25.1 Å². The van der Waals surface area contributed by atoms with Gasteiger partial charge < -0.3 is 9.64 Å². The van der Waals surface area contributed by atoms with E-state index in [2.05, 4.69) is 0 Å². The van der Waals surface area contributed by atoms with Crippen molar-refractivity contribution in [1.82, 2.24) is 9.21 Å². The minimum Gasteiger partial charge on any atom is -0.497 e. The van der Waals surface area contributed by atoms with Gasteiger partial charge in [-0.15, -0.1) is 0 Å². The first-order valence-electron chi connectivity index (χ1n) is 9.92. The molecule has 1 amide bonds. The summed E-state index contributed by atoms with van der Waals surface area (Å²) >= 11 is 0. The Hall–Kier alpha value is -2.43. The molecule has 0 saturated carbocycles. The van der Waals surface area contributed by atoms with E-state index >= 15 is 0 Å². The smallest absolute Gasteiger partial charge is 0.253 e. The lowest BCUT2D eigenvalue weighted by Gasteiger charge is -2.38. The molecule has 2 aromatic rings. The number of likely N-dealkylation sites (tertiary alicyclic amines) is 1.